The van der Waals surface area contributed by atoms with Crippen LogP contribution < -0.4 is 10.7 Å². The number of hydrogen-bond acceptors (Lipinski definition) is 3. The Balaban J connectivity index is 1.49. The number of nitrogens with zero attached hydrogens (tertiary/aromatic N) is 1. The summed E-state index contributed by atoms with van der Waals surface area (Å²) >= 11 is 7.03. The summed E-state index contributed by atoms with van der Waals surface area (Å²) in [6, 6.07) is 12.6. The fourth-order valence-electron chi connectivity index (χ4n) is 2.44. The average molecular weight is 315 g/mol. The van der Waals surface area contributed by atoms with E-state index in [2.05, 4.69) is 57.6 Å². The lowest BCUT2D eigenvalue weighted by Crippen LogP contribution is -2.33. The van der Waals surface area contributed by atoms with Gasteiger partial charge in [0.15, 0.2) is 5.11 Å². The predicted octanol–water partition coefficient (Wildman–Crippen LogP) is 3.11. The normalized spacial score (nSPS) is 15.0. The number of thiophene rings is 1. The number of hydrogen-bond donors (Lipinski definition) is 2. The van der Waals surface area contributed by atoms with Gasteiger partial charge in [0.1, 0.15) is 0 Å². The molecule has 3 nitrogen and oxygen atoms in total. The summed E-state index contributed by atoms with van der Waals surface area (Å²) in [6.45, 7) is 0.827. The molecular weight excluding hydrogens is 298 g/mol. The highest BCUT2D eigenvalue weighted by Gasteiger charge is 2.16. The summed E-state index contributed by atoms with van der Waals surface area (Å²) in [5.74, 6) is 0. The van der Waals surface area contributed by atoms with Gasteiger partial charge in [0, 0.05) is 17.0 Å². The van der Waals surface area contributed by atoms with E-state index in [1.807, 2.05) is 0 Å². The van der Waals surface area contributed by atoms with Gasteiger partial charge in [-0.3, -0.25) is 5.43 Å². The number of aryl methyl sites for hydroxylation is 1. The van der Waals surface area contributed by atoms with Crippen LogP contribution in [0.5, 0.6) is 0 Å². The van der Waals surface area contributed by atoms with Gasteiger partial charge in [0.25, 0.3) is 0 Å². The minimum Gasteiger partial charge on any atom is -0.361 e. The Labute approximate surface area is 134 Å². The zero-order valence-electron chi connectivity index (χ0n) is 11.6. The lowest BCUT2D eigenvalue weighted by molar-refractivity contribution is 0.843. The van der Waals surface area contributed by atoms with Crippen LogP contribution in [0.3, 0.4) is 0 Å². The Morgan fingerprint density at radius 2 is 2.10 bits per heavy atom. The highest BCUT2D eigenvalue weighted by molar-refractivity contribution is 7.80. The van der Waals surface area contributed by atoms with Crippen LogP contribution in [0.4, 0.5) is 0 Å². The molecule has 2 aromatic rings. The summed E-state index contributed by atoms with van der Waals surface area (Å²) in [6.07, 6.45) is 3.03. The van der Waals surface area contributed by atoms with Gasteiger partial charge in [-0.15, -0.1) is 11.3 Å². The van der Waals surface area contributed by atoms with E-state index in [0.29, 0.717) is 5.11 Å². The SMILES string of the molecule is S=C(NCCc1cccs1)N/N=C1/CCc2ccccc21. The maximum atomic E-state index is 5.26. The second-order valence-corrected chi connectivity index (χ2v) is 6.35. The van der Waals surface area contributed by atoms with Crippen LogP contribution in [0.15, 0.2) is 46.9 Å². The molecule has 108 valence electrons. The zero-order chi connectivity index (χ0) is 14.5. The first-order valence-electron chi connectivity index (χ1n) is 7.04. The molecule has 1 aliphatic carbocycles. The molecule has 0 fully saturated rings. The molecule has 0 saturated carbocycles. The average Bonchev–Trinajstić information content (AvgIpc) is 3.14. The third-order valence-corrected chi connectivity index (χ3v) is 4.66. The van der Waals surface area contributed by atoms with Gasteiger partial charge in [-0.1, -0.05) is 30.3 Å². The van der Waals surface area contributed by atoms with Gasteiger partial charge in [-0.05, 0) is 48.5 Å². The molecule has 1 aromatic heterocycles. The number of fused-ring (bicyclic) bond motifs is 1. The highest BCUT2D eigenvalue weighted by atomic mass is 32.1. The van der Waals surface area contributed by atoms with E-state index in [9.17, 15) is 0 Å². The third-order valence-electron chi connectivity index (χ3n) is 3.49. The molecular formula is C16H17N3S2. The molecule has 1 aromatic carbocycles. The summed E-state index contributed by atoms with van der Waals surface area (Å²) in [5, 5.41) is 10.3. The van der Waals surface area contributed by atoms with Crippen LogP contribution in [-0.4, -0.2) is 17.4 Å². The van der Waals surface area contributed by atoms with Crippen molar-refractivity contribution in [2.75, 3.05) is 6.54 Å². The topological polar surface area (TPSA) is 36.4 Å². The highest BCUT2D eigenvalue weighted by Crippen LogP contribution is 2.21. The Kier molecular flexibility index (Phi) is 4.62. The first kappa shape index (κ1) is 14.2. The Morgan fingerprint density at radius 1 is 1.19 bits per heavy atom. The smallest absolute Gasteiger partial charge is 0.186 e. The van der Waals surface area contributed by atoms with Crippen LogP contribution in [0.1, 0.15) is 22.4 Å². The van der Waals surface area contributed by atoms with E-state index in [0.717, 1.165) is 31.5 Å². The molecule has 0 aliphatic heterocycles. The van der Waals surface area contributed by atoms with Crippen molar-refractivity contribution < 1.29 is 0 Å². The van der Waals surface area contributed by atoms with Crippen LogP contribution in [-0.2, 0) is 12.8 Å². The van der Waals surface area contributed by atoms with Crippen LogP contribution in [0, 0.1) is 0 Å². The quantitative estimate of drug-likeness (QED) is 0.672. The molecule has 1 heterocycles. The van der Waals surface area contributed by atoms with E-state index < -0.39 is 0 Å². The summed E-state index contributed by atoms with van der Waals surface area (Å²) < 4.78 is 0. The summed E-state index contributed by atoms with van der Waals surface area (Å²) in [7, 11) is 0. The summed E-state index contributed by atoms with van der Waals surface area (Å²) in [5.41, 5.74) is 6.66. The van der Waals surface area contributed by atoms with Gasteiger partial charge in [-0.2, -0.15) is 5.10 Å². The molecule has 0 bridgehead atoms. The molecule has 0 amide bonds. The number of rotatable bonds is 4. The van der Waals surface area contributed by atoms with Crippen molar-refractivity contribution >= 4 is 34.4 Å². The van der Waals surface area contributed by atoms with Crippen LogP contribution >= 0.6 is 23.6 Å². The van der Waals surface area contributed by atoms with Crippen LogP contribution in [0.25, 0.3) is 0 Å². The van der Waals surface area contributed by atoms with E-state index in [1.165, 1.54) is 16.0 Å². The van der Waals surface area contributed by atoms with Crippen molar-refractivity contribution in [3.63, 3.8) is 0 Å². The van der Waals surface area contributed by atoms with E-state index in [-0.39, 0.29) is 0 Å². The minimum atomic E-state index is 0.587. The number of thiocarbonyl (C=S) groups is 1. The second-order valence-electron chi connectivity index (χ2n) is 4.91. The van der Waals surface area contributed by atoms with Crippen molar-refractivity contribution in [3.05, 3.63) is 57.8 Å². The van der Waals surface area contributed by atoms with E-state index in [4.69, 9.17) is 12.2 Å². The van der Waals surface area contributed by atoms with Gasteiger partial charge in [0.05, 0.1) is 5.71 Å². The van der Waals surface area contributed by atoms with Crippen molar-refractivity contribution in [1.82, 2.24) is 10.7 Å². The number of benzene rings is 1. The molecule has 0 spiro atoms. The lowest BCUT2D eigenvalue weighted by atomic mass is 10.1. The molecule has 0 radical (unpaired) electrons. The largest absolute Gasteiger partial charge is 0.361 e. The molecule has 3 rings (SSSR count). The number of nitrogens with one attached hydrogen (secondary N) is 2. The maximum Gasteiger partial charge on any atom is 0.186 e. The Bertz CT molecular complexity index is 647. The Morgan fingerprint density at radius 3 is 2.95 bits per heavy atom. The fourth-order valence-corrected chi connectivity index (χ4v) is 3.29. The fraction of sp³-hybridized carbons (Fsp3) is 0.250. The molecule has 2 N–H and O–H groups in total. The lowest BCUT2D eigenvalue weighted by Gasteiger charge is -2.07. The predicted molar refractivity (Wildman–Crippen MR) is 93.1 cm³/mol. The monoisotopic (exact) mass is 315 g/mol. The van der Waals surface area contributed by atoms with E-state index >= 15 is 0 Å². The van der Waals surface area contributed by atoms with Crippen molar-refractivity contribution in [2.24, 2.45) is 5.10 Å². The van der Waals surface area contributed by atoms with Crippen molar-refractivity contribution in [1.29, 1.82) is 0 Å². The molecule has 5 heteroatoms. The molecule has 0 unspecified atom stereocenters. The van der Waals surface area contributed by atoms with Crippen LogP contribution in [0.2, 0.25) is 0 Å². The first-order valence-corrected chi connectivity index (χ1v) is 8.33. The molecule has 0 atom stereocenters. The van der Waals surface area contributed by atoms with Crippen molar-refractivity contribution in [3.8, 4) is 0 Å². The molecule has 21 heavy (non-hydrogen) atoms. The minimum absolute atomic E-state index is 0.587. The first-order chi connectivity index (χ1) is 10.3. The van der Waals surface area contributed by atoms with Gasteiger partial charge in [0.2, 0.25) is 0 Å². The summed E-state index contributed by atoms with van der Waals surface area (Å²) in [4.78, 5) is 1.36. The maximum absolute atomic E-state index is 5.26. The zero-order valence-corrected chi connectivity index (χ0v) is 13.3. The third kappa shape index (κ3) is 3.68. The van der Waals surface area contributed by atoms with Gasteiger partial charge < -0.3 is 5.32 Å². The number of hydrazone groups is 1. The van der Waals surface area contributed by atoms with Gasteiger partial charge >= 0.3 is 0 Å². The second kappa shape index (κ2) is 6.83. The molecule has 1 aliphatic rings. The van der Waals surface area contributed by atoms with Gasteiger partial charge in [-0.25, -0.2) is 0 Å². The molecule has 0 saturated heterocycles. The van der Waals surface area contributed by atoms with Crippen molar-refractivity contribution in [2.45, 2.75) is 19.3 Å². The van der Waals surface area contributed by atoms with E-state index in [1.54, 1.807) is 11.3 Å². The standard InChI is InChI=1S/C16H17N3S2/c20-16(17-10-9-13-5-3-11-21-13)19-18-15-8-7-12-4-1-2-6-14(12)15/h1-6,11H,7-10H2,(H2,17,19,20)/b18-15-. The Hall–Kier alpha value is -1.72.